The lowest BCUT2D eigenvalue weighted by Crippen LogP contribution is -2.36. The molecule has 5 N–H and O–H groups in total. The third kappa shape index (κ3) is 15.0. The summed E-state index contributed by atoms with van der Waals surface area (Å²) < 4.78 is 10.1. The van der Waals surface area contributed by atoms with Crippen molar-refractivity contribution in [1.29, 1.82) is 0 Å². The molecule has 0 rings (SSSR count). The highest BCUT2D eigenvalue weighted by Gasteiger charge is 2.19. The van der Waals surface area contributed by atoms with Crippen LogP contribution in [-0.2, 0) is 9.36 Å². The molecule has 0 bridgehead atoms. The number of imide groups is 1. The summed E-state index contributed by atoms with van der Waals surface area (Å²) >= 11 is 0. The number of hydrogen-bond donors (Lipinski definition) is 4. The summed E-state index contributed by atoms with van der Waals surface area (Å²) in [5.41, 5.74) is 4.49. The number of primary amides is 1. The monoisotopic (exact) mass is 283 g/mol. The molecule has 0 aliphatic rings. The van der Waals surface area contributed by atoms with E-state index in [2.05, 4.69) is 31.4 Å². The number of carbonyl (C=O) groups is 2. The Morgan fingerprint density at radius 1 is 1.17 bits per heavy atom. The molecular weight excluding hydrogens is 261 g/mol. The maximum atomic E-state index is 10.4. The molecule has 0 fully saturated rings. The average Bonchev–Trinajstić information content (AvgIpc) is 2.16. The molecule has 0 heterocycles. The Morgan fingerprint density at radius 3 is 1.72 bits per heavy atom. The van der Waals surface area contributed by atoms with E-state index < -0.39 is 25.7 Å². The van der Waals surface area contributed by atoms with Crippen LogP contribution in [0.5, 0.6) is 0 Å². The standard InChI is InChI=1S/C6H15N.C3H7N2O5P/c1-4-7(5-2)6-3;4-3(7)5-2(6)1-11(8,9)10/h4-6H2,1-3H3;1H2,(H2,8,9,10)(H3,4,5,6,7). The first-order chi connectivity index (χ1) is 8.16. The van der Waals surface area contributed by atoms with Gasteiger partial charge in [0.2, 0.25) is 5.91 Å². The van der Waals surface area contributed by atoms with Gasteiger partial charge in [-0.3, -0.25) is 14.7 Å². The minimum Gasteiger partial charge on any atom is -0.351 e. The molecule has 0 saturated carbocycles. The van der Waals surface area contributed by atoms with Gasteiger partial charge in [0.1, 0.15) is 6.16 Å². The molecule has 0 aliphatic carbocycles. The van der Waals surface area contributed by atoms with Crippen LogP contribution >= 0.6 is 7.60 Å². The van der Waals surface area contributed by atoms with Gasteiger partial charge in [0.15, 0.2) is 0 Å². The second-order valence-electron chi connectivity index (χ2n) is 3.35. The van der Waals surface area contributed by atoms with Crippen molar-refractivity contribution in [3.63, 3.8) is 0 Å². The number of nitrogens with zero attached hydrogens (tertiary/aromatic N) is 1. The lowest BCUT2D eigenvalue weighted by atomic mass is 10.5. The second-order valence-corrected chi connectivity index (χ2v) is 5.00. The summed E-state index contributed by atoms with van der Waals surface area (Å²) in [7, 11) is -4.40. The van der Waals surface area contributed by atoms with E-state index in [1.807, 2.05) is 0 Å². The fraction of sp³-hybridized carbons (Fsp3) is 0.778. The minimum absolute atomic E-state index is 1.03. The van der Waals surface area contributed by atoms with Gasteiger partial charge in [0.25, 0.3) is 0 Å². The Balaban J connectivity index is 0. The number of nitrogens with one attached hydrogen (secondary N) is 1. The number of nitrogens with two attached hydrogens (primary N) is 1. The summed E-state index contributed by atoms with van der Waals surface area (Å²) in [4.78, 5) is 39.1. The molecule has 0 aromatic heterocycles. The quantitative estimate of drug-likeness (QED) is 0.512. The fourth-order valence-corrected chi connectivity index (χ4v) is 1.49. The van der Waals surface area contributed by atoms with E-state index in [1.54, 1.807) is 0 Å². The van der Waals surface area contributed by atoms with Crippen LogP contribution in [0.4, 0.5) is 4.79 Å². The SMILES string of the molecule is CCN(CC)CC.NC(=O)NC(=O)CP(=O)(O)O. The minimum atomic E-state index is -4.40. The molecule has 9 heteroatoms. The summed E-state index contributed by atoms with van der Waals surface area (Å²) in [6.07, 6.45) is -1.03. The summed E-state index contributed by atoms with van der Waals surface area (Å²) in [5, 5.41) is 1.51. The van der Waals surface area contributed by atoms with Crippen LogP contribution < -0.4 is 11.1 Å². The van der Waals surface area contributed by atoms with E-state index in [9.17, 15) is 14.2 Å². The Hall–Kier alpha value is -0.950. The molecular formula is C9H22N3O5P. The number of amides is 3. The maximum absolute atomic E-state index is 10.4. The largest absolute Gasteiger partial charge is 0.351 e. The number of urea groups is 1. The lowest BCUT2D eigenvalue weighted by Gasteiger charge is -2.13. The molecule has 0 saturated heterocycles. The molecule has 0 aliphatic heterocycles. The van der Waals surface area contributed by atoms with Crippen LogP contribution in [0.15, 0.2) is 0 Å². The highest BCUT2D eigenvalue weighted by molar-refractivity contribution is 7.52. The van der Waals surface area contributed by atoms with Gasteiger partial charge in [-0.2, -0.15) is 0 Å². The number of rotatable bonds is 5. The Bertz CT molecular complexity index is 295. The molecule has 18 heavy (non-hydrogen) atoms. The molecule has 0 aromatic rings. The maximum Gasteiger partial charge on any atom is 0.334 e. The van der Waals surface area contributed by atoms with Gasteiger partial charge in [-0.05, 0) is 19.6 Å². The molecule has 0 unspecified atom stereocenters. The van der Waals surface area contributed by atoms with E-state index in [4.69, 9.17) is 9.79 Å². The van der Waals surface area contributed by atoms with Crippen molar-refractivity contribution in [3.8, 4) is 0 Å². The second kappa shape index (κ2) is 10.0. The summed E-state index contributed by atoms with van der Waals surface area (Å²) in [5.74, 6) is -1.09. The van der Waals surface area contributed by atoms with E-state index in [-0.39, 0.29) is 0 Å². The fourth-order valence-electron chi connectivity index (χ4n) is 1.03. The number of carbonyl (C=O) groups excluding carboxylic acids is 2. The van der Waals surface area contributed by atoms with E-state index in [0.717, 1.165) is 0 Å². The first kappa shape index (κ1) is 19.4. The van der Waals surface area contributed by atoms with Crippen molar-refractivity contribution in [2.75, 3.05) is 25.8 Å². The number of hydrogen-bond acceptors (Lipinski definition) is 4. The predicted octanol–water partition coefficient (Wildman–Crippen LogP) is -0.293. The van der Waals surface area contributed by atoms with Crippen molar-refractivity contribution in [2.45, 2.75) is 20.8 Å². The molecule has 0 radical (unpaired) electrons. The van der Waals surface area contributed by atoms with Crippen molar-refractivity contribution in [1.82, 2.24) is 10.2 Å². The Morgan fingerprint density at radius 2 is 1.56 bits per heavy atom. The molecule has 108 valence electrons. The molecule has 0 aromatic carbocycles. The van der Waals surface area contributed by atoms with Gasteiger partial charge < -0.3 is 20.4 Å². The molecule has 8 nitrogen and oxygen atoms in total. The van der Waals surface area contributed by atoms with Crippen LogP contribution in [0.1, 0.15) is 20.8 Å². The Labute approximate surface area is 107 Å². The smallest absolute Gasteiger partial charge is 0.334 e. The van der Waals surface area contributed by atoms with Gasteiger partial charge in [-0.15, -0.1) is 0 Å². The first-order valence-corrected chi connectivity index (χ1v) is 7.32. The van der Waals surface area contributed by atoms with Gasteiger partial charge in [-0.1, -0.05) is 20.8 Å². The summed E-state index contributed by atoms with van der Waals surface area (Å²) in [6.45, 7) is 10.1. The zero-order valence-corrected chi connectivity index (χ0v) is 11.8. The lowest BCUT2D eigenvalue weighted by molar-refractivity contribution is -0.117. The topological polar surface area (TPSA) is 133 Å². The molecule has 0 spiro atoms. The van der Waals surface area contributed by atoms with E-state index in [0.29, 0.717) is 0 Å². The van der Waals surface area contributed by atoms with Crippen LogP contribution in [0.25, 0.3) is 0 Å². The van der Waals surface area contributed by atoms with Crippen LogP contribution in [0, 0.1) is 0 Å². The Kier molecular flexibility index (Phi) is 10.8. The van der Waals surface area contributed by atoms with Crippen molar-refractivity contribution in [3.05, 3.63) is 0 Å². The van der Waals surface area contributed by atoms with Gasteiger partial charge >= 0.3 is 13.6 Å². The molecule has 3 amide bonds. The molecule has 0 atom stereocenters. The average molecular weight is 283 g/mol. The zero-order chi connectivity index (χ0) is 14.8. The third-order valence-corrected chi connectivity index (χ3v) is 2.65. The van der Waals surface area contributed by atoms with Gasteiger partial charge in [-0.25, -0.2) is 4.79 Å². The zero-order valence-electron chi connectivity index (χ0n) is 10.9. The van der Waals surface area contributed by atoms with Crippen molar-refractivity contribution >= 4 is 19.5 Å². The normalized spacial score (nSPS) is 10.6. The van der Waals surface area contributed by atoms with Gasteiger partial charge in [0.05, 0.1) is 0 Å². The van der Waals surface area contributed by atoms with Gasteiger partial charge in [0, 0.05) is 0 Å². The van der Waals surface area contributed by atoms with Crippen molar-refractivity contribution < 1.29 is 23.9 Å². The van der Waals surface area contributed by atoms with Crippen LogP contribution in [0.3, 0.4) is 0 Å². The third-order valence-electron chi connectivity index (χ3n) is 1.95. The predicted molar refractivity (Wildman–Crippen MR) is 68.1 cm³/mol. The van der Waals surface area contributed by atoms with E-state index >= 15 is 0 Å². The highest BCUT2D eigenvalue weighted by Crippen LogP contribution is 2.33. The highest BCUT2D eigenvalue weighted by atomic mass is 31.2. The summed E-state index contributed by atoms with van der Waals surface area (Å²) in [6, 6.07) is -1.14. The van der Waals surface area contributed by atoms with Crippen LogP contribution in [-0.4, -0.2) is 52.4 Å². The van der Waals surface area contributed by atoms with Crippen LogP contribution in [0.2, 0.25) is 0 Å². The van der Waals surface area contributed by atoms with Crippen molar-refractivity contribution in [2.24, 2.45) is 5.73 Å². The van der Waals surface area contributed by atoms with E-state index in [1.165, 1.54) is 25.0 Å². The first-order valence-electron chi connectivity index (χ1n) is 5.52.